The highest BCUT2D eigenvalue weighted by Gasteiger charge is 2.55. The predicted molar refractivity (Wildman–Crippen MR) is 121 cm³/mol. The van der Waals surface area contributed by atoms with E-state index in [1.54, 1.807) is 0 Å². The Morgan fingerprint density at radius 1 is 0.750 bits per heavy atom. The number of carbonyl (C=O) groups is 2. The number of nitrogens with zero attached hydrogens (tertiary/aromatic N) is 2. The molecule has 4 rings (SSSR count). The molecule has 2 heterocycles. The molecule has 0 unspecified atom stereocenters. The van der Waals surface area contributed by atoms with E-state index in [2.05, 4.69) is 84.3 Å². The van der Waals surface area contributed by atoms with Gasteiger partial charge in [0.15, 0.2) is 0 Å². The Kier molecular flexibility index (Phi) is 7.33. The minimum absolute atomic E-state index is 0.0885. The summed E-state index contributed by atoms with van der Waals surface area (Å²) >= 11 is 0. The number of carboxylic acid groups (broad SMARTS) is 2. The number of carboxylic acids is 2. The van der Waals surface area contributed by atoms with Crippen LogP contribution in [-0.2, 0) is 22.7 Å². The van der Waals surface area contributed by atoms with Crippen molar-refractivity contribution in [2.24, 2.45) is 10.8 Å². The minimum Gasteiger partial charge on any atom is -0.473 e. The van der Waals surface area contributed by atoms with Crippen LogP contribution in [0.5, 0.6) is 0 Å². The van der Waals surface area contributed by atoms with Gasteiger partial charge in [0.1, 0.15) is 0 Å². The predicted octanol–water partition coefficient (Wildman–Crippen LogP) is 2.55. The van der Waals surface area contributed by atoms with Crippen molar-refractivity contribution in [3.63, 3.8) is 0 Å². The molecule has 0 radical (unpaired) electrons. The molecule has 0 aliphatic carbocycles. The van der Waals surface area contributed by atoms with Crippen LogP contribution in [0.4, 0.5) is 0 Å². The maximum absolute atomic E-state index is 11.1. The monoisotopic (exact) mass is 440 g/mol. The summed E-state index contributed by atoms with van der Waals surface area (Å²) in [4.78, 5) is 23.3. The van der Waals surface area contributed by atoms with Crippen molar-refractivity contribution in [3.05, 3.63) is 71.8 Å². The zero-order valence-corrected chi connectivity index (χ0v) is 18.6. The largest absolute Gasteiger partial charge is 0.473 e. The van der Waals surface area contributed by atoms with Crippen LogP contribution in [0, 0.1) is 10.8 Å². The van der Waals surface area contributed by atoms with E-state index in [1.807, 2.05) is 0 Å². The molecular formula is C25H32N2O5. The van der Waals surface area contributed by atoms with Crippen LogP contribution in [-0.4, -0.2) is 69.3 Å². The van der Waals surface area contributed by atoms with Gasteiger partial charge < -0.3 is 15.3 Å². The van der Waals surface area contributed by atoms with Crippen molar-refractivity contribution >= 4 is 11.9 Å². The molecule has 172 valence electrons. The fourth-order valence-corrected chi connectivity index (χ4v) is 5.35. The Balaban J connectivity index is 0.000000427. The van der Waals surface area contributed by atoms with Crippen molar-refractivity contribution in [1.29, 1.82) is 0 Å². The highest BCUT2D eigenvalue weighted by Crippen LogP contribution is 2.46. The second-order valence-corrected chi connectivity index (χ2v) is 9.58. The highest BCUT2D eigenvalue weighted by atomic mass is 16.4. The van der Waals surface area contributed by atoms with Crippen LogP contribution in [0.2, 0.25) is 0 Å². The van der Waals surface area contributed by atoms with Crippen LogP contribution in [0.25, 0.3) is 0 Å². The van der Waals surface area contributed by atoms with E-state index < -0.39 is 11.9 Å². The molecule has 3 N–H and O–H groups in total. The molecular weight excluding hydrogens is 408 g/mol. The second-order valence-electron chi connectivity index (χ2n) is 9.58. The molecule has 0 saturated carbocycles. The van der Waals surface area contributed by atoms with Gasteiger partial charge in [-0.25, -0.2) is 9.59 Å². The van der Waals surface area contributed by atoms with E-state index in [0.29, 0.717) is 0 Å². The summed E-state index contributed by atoms with van der Waals surface area (Å²) in [7, 11) is 0. The number of hydrogen-bond donors (Lipinski definition) is 3. The molecule has 32 heavy (non-hydrogen) atoms. The van der Waals surface area contributed by atoms with Gasteiger partial charge in [-0.3, -0.25) is 9.80 Å². The summed E-state index contributed by atoms with van der Waals surface area (Å²) in [5, 5.41) is 25.9. The SMILES string of the molecule is CC12CN(Cc3ccccc3)CC(C)(CN(Cc3ccccc3)C1)C2O.O=C(O)C(=O)O. The van der Waals surface area contributed by atoms with Crippen LogP contribution in [0.1, 0.15) is 25.0 Å². The zero-order chi connectivity index (χ0) is 23.4. The lowest BCUT2D eigenvalue weighted by molar-refractivity contribution is -0.177. The van der Waals surface area contributed by atoms with E-state index in [9.17, 15) is 5.11 Å². The van der Waals surface area contributed by atoms with Crippen LogP contribution in [0.3, 0.4) is 0 Å². The normalized spacial score (nSPS) is 27.8. The first kappa shape index (κ1) is 23.9. The standard InChI is InChI=1S/C23H30N2O.C2H2O4/c1-22-15-24(13-19-9-5-3-6-10-19)17-23(2,21(22)26)18-25(16-22)14-20-11-7-4-8-12-20;3-1(4)2(5)6/h3-12,21,26H,13-18H2,1-2H3;(H,3,4)(H,5,6). The van der Waals surface area contributed by atoms with Gasteiger partial charge in [0, 0.05) is 50.1 Å². The number of benzene rings is 2. The molecule has 0 amide bonds. The van der Waals surface area contributed by atoms with E-state index in [1.165, 1.54) is 11.1 Å². The number of hydrogen-bond acceptors (Lipinski definition) is 5. The highest BCUT2D eigenvalue weighted by molar-refractivity contribution is 6.27. The number of rotatable bonds is 4. The maximum atomic E-state index is 11.1. The Hall–Kier alpha value is -2.74. The first-order valence-corrected chi connectivity index (χ1v) is 10.8. The van der Waals surface area contributed by atoms with Crippen molar-refractivity contribution < 1.29 is 24.9 Å². The smallest absolute Gasteiger partial charge is 0.414 e. The summed E-state index contributed by atoms with van der Waals surface area (Å²) in [6, 6.07) is 21.4. The van der Waals surface area contributed by atoms with Gasteiger partial charge in [0.05, 0.1) is 6.10 Å². The van der Waals surface area contributed by atoms with Crippen LogP contribution < -0.4 is 0 Å². The van der Waals surface area contributed by atoms with Gasteiger partial charge in [0.25, 0.3) is 0 Å². The van der Waals surface area contributed by atoms with Gasteiger partial charge >= 0.3 is 11.9 Å². The second kappa shape index (κ2) is 9.81. The van der Waals surface area contributed by atoms with Crippen LogP contribution in [0.15, 0.2) is 60.7 Å². The van der Waals surface area contributed by atoms with Crippen molar-refractivity contribution in [1.82, 2.24) is 9.80 Å². The van der Waals surface area contributed by atoms with Crippen molar-refractivity contribution in [3.8, 4) is 0 Å². The topological polar surface area (TPSA) is 101 Å². The fraction of sp³-hybridized carbons (Fsp3) is 0.440. The Labute approximate surface area is 188 Å². The Morgan fingerprint density at radius 2 is 1.06 bits per heavy atom. The van der Waals surface area contributed by atoms with Gasteiger partial charge in [0.2, 0.25) is 0 Å². The third kappa shape index (κ3) is 5.73. The molecule has 2 aromatic rings. The van der Waals surface area contributed by atoms with Gasteiger partial charge in [-0.1, -0.05) is 74.5 Å². The third-order valence-corrected chi connectivity index (χ3v) is 6.34. The molecule has 7 heteroatoms. The van der Waals surface area contributed by atoms with E-state index in [0.717, 1.165) is 39.3 Å². The van der Waals surface area contributed by atoms with E-state index >= 15 is 0 Å². The average molecular weight is 441 g/mol. The van der Waals surface area contributed by atoms with Crippen LogP contribution >= 0.6 is 0 Å². The molecule has 0 aromatic heterocycles. The number of aliphatic carboxylic acids is 2. The minimum atomic E-state index is -1.82. The molecule has 2 aliphatic heterocycles. The average Bonchev–Trinajstić information content (AvgIpc) is 2.73. The number of aliphatic hydroxyl groups is 1. The van der Waals surface area contributed by atoms with Gasteiger partial charge in [-0.2, -0.15) is 0 Å². The summed E-state index contributed by atoms with van der Waals surface area (Å²) < 4.78 is 0. The molecule has 7 nitrogen and oxygen atoms in total. The maximum Gasteiger partial charge on any atom is 0.414 e. The van der Waals surface area contributed by atoms with Crippen molar-refractivity contribution in [2.75, 3.05) is 26.2 Å². The molecule has 2 saturated heterocycles. The number of piperidine rings is 2. The first-order chi connectivity index (χ1) is 15.1. The van der Waals surface area contributed by atoms with Crippen molar-refractivity contribution in [2.45, 2.75) is 33.0 Å². The summed E-state index contributed by atoms with van der Waals surface area (Å²) in [6.45, 7) is 10.3. The van der Waals surface area contributed by atoms with Gasteiger partial charge in [-0.05, 0) is 11.1 Å². The molecule has 0 spiro atoms. The lowest BCUT2D eigenvalue weighted by Crippen LogP contribution is -2.69. The number of aliphatic hydroxyl groups excluding tert-OH is 1. The fourth-order valence-electron chi connectivity index (χ4n) is 5.35. The lowest BCUT2D eigenvalue weighted by Gasteiger charge is -2.60. The molecule has 2 fully saturated rings. The molecule has 0 atom stereocenters. The van der Waals surface area contributed by atoms with Gasteiger partial charge in [-0.15, -0.1) is 0 Å². The molecule has 2 bridgehead atoms. The Bertz CT molecular complexity index is 831. The molecule has 2 aromatic carbocycles. The third-order valence-electron chi connectivity index (χ3n) is 6.34. The van der Waals surface area contributed by atoms with E-state index in [-0.39, 0.29) is 16.9 Å². The summed E-state index contributed by atoms with van der Waals surface area (Å²) in [5.41, 5.74) is 2.54. The number of likely N-dealkylation sites (tertiary alicyclic amines) is 2. The van der Waals surface area contributed by atoms with E-state index in [4.69, 9.17) is 19.8 Å². The summed E-state index contributed by atoms with van der Waals surface area (Å²) in [5.74, 6) is -3.65. The summed E-state index contributed by atoms with van der Waals surface area (Å²) in [6.07, 6.45) is -0.242. The lowest BCUT2D eigenvalue weighted by atomic mass is 9.63. The Morgan fingerprint density at radius 3 is 1.34 bits per heavy atom. The quantitative estimate of drug-likeness (QED) is 0.628. The first-order valence-electron chi connectivity index (χ1n) is 10.8. The molecule has 2 aliphatic rings. The zero-order valence-electron chi connectivity index (χ0n) is 18.6. The number of fused-ring (bicyclic) bond motifs is 2.